The molecule has 0 bridgehead atoms. The lowest BCUT2D eigenvalue weighted by Crippen LogP contribution is -2.16. The van der Waals surface area contributed by atoms with Crippen LogP contribution in [0.4, 0.5) is 0 Å². The predicted octanol–water partition coefficient (Wildman–Crippen LogP) is 3.84. The van der Waals surface area contributed by atoms with Crippen molar-refractivity contribution in [1.82, 2.24) is 5.32 Å². The SMILES string of the molecule is CCCCCC(NC)c1cccc(C)c1. The molecule has 84 valence electrons. The fraction of sp³-hybridized carbons (Fsp3) is 0.571. The average Bonchev–Trinajstić information content (AvgIpc) is 2.24. The lowest BCUT2D eigenvalue weighted by Gasteiger charge is -2.16. The molecular weight excluding hydrogens is 182 g/mol. The van der Waals surface area contributed by atoms with E-state index in [0.717, 1.165) is 0 Å². The van der Waals surface area contributed by atoms with E-state index in [4.69, 9.17) is 0 Å². The van der Waals surface area contributed by atoms with Crippen molar-refractivity contribution in [3.63, 3.8) is 0 Å². The van der Waals surface area contributed by atoms with Crippen molar-refractivity contribution in [1.29, 1.82) is 0 Å². The number of rotatable bonds is 6. The first kappa shape index (κ1) is 12.3. The Labute approximate surface area is 93.9 Å². The van der Waals surface area contributed by atoms with Gasteiger partial charge in [-0.05, 0) is 26.0 Å². The molecule has 1 aromatic rings. The molecule has 0 amide bonds. The van der Waals surface area contributed by atoms with E-state index in [1.165, 1.54) is 36.8 Å². The molecule has 0 saturated heterocycles. The van der Waals surface area contributed by atoms with Crippen LogP contribution in [0.3, 0.4) is 0 Å². The molecule has 0 saturated carbocycles. The highest BCUT2D eigenvalue weighted by molar-refractivity contribution is 5.24. The van der Waals surface area contributed by atoms with Gasteiger partial charge in [0.2, 0.25) is 0 Å². The second kappa shape index (κ2) is 6.62. The van der Waals surface area contributed by atoms with Gasteiger partial charge in [-0.15, -0.1) is 0 Å². The third-order valence-corrected chi connectivity index (χ3v) is 2.89. The van der Waals surface area contributed by atoms with Crippen molar-refractivity contribution in [3.8, 4) is 0 Å². The van der Waals surface area contributed by atoms with Crippen molar-refractivity contribution in [3.05, 3.63) is 35.4 Å². The molecule has 1 aromatic carbocycles. The van der Waals surface area contributed by atoms with E-state index in [2.05, 4.69) is 50.5 Å². The second-order valence-corrected chi connectivity index (χ2v) is 4.25. The van der Waals surface area contributed by atoms with Gasteiger partial charge in [0.05, 0.1) is 0 Å². The first-order valence-corrected chi connectivity index (χ1v) is 6.01. The van der Waals surface area contributed by atoms with E-state index in [9.17, 15) is 0 Å². The standard InChI is InChI=1S/C14H23N/c1-4-5-6-10-14(15-3)13-9-7-8-12(2)11-13/h7-9,11,14-15H,4-6,10H2,1-3H3. The first-order chi connectivity index (χ1) is 7.27. The number of aryl methyl sites for hydroxylation is 1. The zero-order valence-electron chi connectivity index (χ0n) is 10.2. The van der Waals surface area contributed by atoms with Crippen LogP contribution in [0.5, 0.6) is 0 Å². The molecule has 0 spiro atoms. The molecule has 1 atom stereocenters. The molecule has 1 N–H and O–H groups in total. The van der Waals surface area contributed by atoms with Crippen LogP contribution in [0.15, 0.2) is 24.3 Å². The first-order valence-electron chi connectivity index (χ1n) is 6.01. The molecule has 0 aliphatic carbocycles. The smallest absolute Gasteiger partial charge is 0.0317 e. The minimum Gasteiger partial charge on any atom is -0.313 e. The summed E-state index contributed by atoms with van der Waals surface area (Å²) in [6.07, 6.45) is 5.19. The monoisotopic (exact) mass is 205 g/mol. The van der Waals surface area contributed by atoms with Gasteiger partial charge in [0.1, 0.15) is 0 Å². The fourth-order valence-electron chi connectivity index (χ4n) is 1.96. The van der Waals surface area contributed by atoms with Crippen molar-refractivity contribution in [2.75, 3.05) is 7.05 Å². The average molecular weight is 205 g/mol. The van der Waals surface area contributed by atoms with Crippen LogP contribution < -0.4 is 5.32 Å². The van der Waals surface area contributed by atoms with E-state index in [1.54, 1.807) is 0 Å². The minimum absolute atomic E-state index is 0.524. The molecule has 1 rings (SSSR count). The molecule has 1 nitrogen and oxygen atoms in total. The summed E-state index contributed by atoms with van der Waals surface area (Å²) in [7, 11) is 2.05. The van der Waals surface area contributed by atoms with Gasteiger partial charge in [0.15, 0.2) is 0 Å². The summed E-state index contributed by atoms with van der Waals surface area (Å²) in [5.74, 6) is 0. The normalized spacial score (nSPS) is 12.7. The van der Waals surface area contributed by atoms with Gasteiger partial charge in [-0.25, -0.2) is 0 Å². The quantitative estimate of drug-likeness (QED) is 0.696. The third kappa shape index (κ3) is 4.05. The molecule has 1 unspecified atom stereocenters. The van der Waals surface area contributed by atoms with Crippen LogP contribution in [0.1, 0.15) is 49.8 Å². The Morgan fingerprint density at radius 3 is 2.67 bits per heavy atom. The Hall–Kier alpha value is -0.820. The van der Waals surface area contributed by atoms with Crippen LogP contribution in [0, 0.1) is 6.92 Å². The lowest BCUT2D eigenvalue weighted by molar-refractivity contribution is 0.512. The second-order valence-electron chi connectivity index (χ2n) is 4.25. The Balaban J connectivity index is 2.57. The number of nitrogens with one attached hydrogen (secondary N) is 1. The van der Waals surface area contributed by atoms with Crippen LogP contribution in [-0.2, 0) is 0 Å². The Bertz CT molecular complexity index is 280. The number of unbranched alkanes of at least 4 members (excludes halogenated alkanes) is 2. The molecule has 0 aliphatic heterocycles. The summed E-state index contributed by atoms with van der Waals surface area (Å²) >= 11 is 0. The molecule has 0 heterocycles. The Morgan fingerprint density at radius 1 is 1.27 bits per heavy atom. The summed E-state index contributed by atoms with van der Waals surface area (Å²) in [4.78, 5) is 0. The summed E-state index contributed by atoms with van der Waals surface area (Å²) < 4.78 is 0. The van der Waals surface area contributed by atoms with E-state index in [0.29, 0.717) is 6.04 Å². The van der Waals surface area contributed by atoms with E-state index < -0.39 is 0 Å². The zero-order valence-corrected chi connectivity index (χ0v) is 10.2. The highest BCUT2D eigenvalue weighted by atomic mass is 14.9. The fourth-order valence-corrected chi connectivity index (χ4v) is 1.96. The largest absolute Gasteiger partial charge is 0.313 e. The molecular formula is C14H23N. The molecule has 0 radical (unpaired) electrons. The maximum absolute atomic E-state index is 3.40. The molecule has 0 fully saturated rings. The van der Waals surface area contributed by atoms with Crippen LogP contribution in [0.25, 0.3) is 0 Å². The topological polar surface area (TPSA) is 12.0 Å². The predicted molar refractivity (Wildman–Crippen MR) is 67.1 cm³/mol. The minimum atomic E-state index is 0.524. The highest BCUT2D eigenvalue weighted by Crippen LogP contribution is 2.20. The summed E-state index contributed by atoms with van der Waals surface area (Å²) in [5.41, 5.74) is 2.77. The van der Waals surface area contributed by atoms with E-state index in [1.807, 2.05) is 0 Å². The molecule has 0 aliphatic rings. The van der Waals surface area contributed by atoms with Crippen LogP contribution in [0.2, 0.25) is 0 Å². The van der Waals surface area contributed by atoms with E-state index >= 15 is 0 Å². The lowest BCUT2D eigenvalue weighted by atomic mass is 9.99. The van der Waals surface area contributed by atoms with Gasteiger partial charge in [-0.1, -0.05) is 56.0 Å². The van der Waals surface area contributed by atoms with Gasteiger partial charge < -0.3 is 5.32 Å². The van der Waals surface area contributed by atoms with E-state index in [-0.39, 0.29) is 0 Å². The van der Waals surface area contributed by atoms with Gasteiger partial charge in [-0.2, -0.15) is 0 Å². The van der Waals surface area contributed by atoms with Crippen LogP contribution in [-0.4, -0.2) is 7.05 Å². The highest BCUT2D eigenvalue weighted by Gasteiger charge is 2.07. The van der Waals surface area contributed by atoms with Crippen molar-refractivity contribution >= 4 is 0 Å². The number of benzene rings is 1. The Kier molecular flexibility index (Phi) is 5.41. The van der Waals surface area contributed by atoms with Gasteiger partial charge in [0, 0.05) is 6.04 Å². The van der Waals surface area contributed by atoms with Crippen molar-refractivity contribution < 1.29 is 0 Å². The van der Waals surface area contributed by atoms with Gasteiger partial charge >= 0.3 is 0 Å². The van der Waals surface area contributed by atoms with Crippen molar-refractivity contribution in [2.45, 2.75) is 45.6 Å². The zero-order chi connectivity index (χ0) is 11.1. The van der Waals surface area contributed by atoms with Crippen molar-refractivity contribution in [2.24, 2.45) is 0 Å². The number of hydrogen-bond donors (Lipinski definition) is 1. The summed E-state index contributed by atoms with van der Waals surface area (Å²) in [6.45, 7) is 4.41. The Morgan fingerprint density at radius 2 is 2.07 bits per heavy atom. The number of hydrogen-bond acceptors (Lipinski definition) is 1. The summed E-state index contributed by atoms with van der Waals surface area (Å²) in [5, 5.41) is 3.40. The molecule has 1 heteroatoms. The summed E-state index contributed by atoms with van der Waals surface area (Å²) in [6, 6.07) is 9.33. The maximum Gasteiger partial charge on any atom is 0.0317 e. The molecule has 0 aromatic heterocycles. The molecule has 15 heavy (non-hydrogen) atoms. The van der Waals surface area contributed by atoms with Gasteiger partial charge in [0.25, 0.3) is 0 Å². The maximum atomic E-state index is 3.40. The van der Waals surface area contributed by atoms with Crippen LogP contribution >= 0.6 is 0 Å². The third-order valence-electron chi connectivity index (χ3n) is 2.89. The van der Waals surface area contributed by atoms with Gasteiger partial charge in [-0.3, -0.25) is 0 Å².